The maximum absolute atomic E-state index is 6.23. The SMILES string of the molecule is C=CC/C=C(\C=C(/C)c1ncc2c(n1)N(C)CC2)OC1CCNCC1. The molecule has 0 aliphatic carbocycles. The lowest BCUT2D eigenvalue weighted by atomic mass is 10.1. The fourth-order valence-electron chi connectivity index (χ4n) is 3.21. The van der Waals surface area contributed by atoms with Gasteiger partial charge in [0.15, 0.2) is 5.82 Å². The number of nitrogens with one attached hydrogen (secondary N) is 1. The second-order valence-electron chi connectivity index (χ2n) is 6.74. The van der Waals surface area contributed by atoms with Crippen LogP contribution in [0.5, 0.6) is 0 Å². The normalized spacial score (nSPS) is 19.0. The third kappa shape index (κ3) is 4.48. The van der Waals surface area contributed by atoms with Gasteiger partial charge in [-0.15, -0.1) is 6.58 Å². The molecule has 0 atom stereocenters. The molecule has 1 saturated heterocycles. The lowest BCUT2D eigenvalue weighted by Crippen LogP contribution is -2.32. The van der Waals surface area contributed by atoms with Gasteiger partial charge < -0.3 is 15.0 Å². The molecule has 2 aliphatic heterocycles. The summed E-state index contributed by atoms with van der Waals surface area (Å²) in [5, 5.41) is 3.37. The van der Waals surface area contributed by atoms with Crippen LogP contribution in [0.15, 0.2) is 36.8 Å². The Bertz CT molecular complexity index is 674. The zero-order valence-corrected chi connectivity index (χ0v) is 15.3. The predicted molar refractivity (Wildman–Crippen MR) is 103 cm³/mol. The summed E-state index contributed by atoms with van der Waals surface area (Å²) in [6.45, 7) is 8.90. The van der Waals surface area contributed by atoms with E-state index in [1.54, 1.807) is 0 Å². The van der Waals surface area contributed by atoms with Gasteiger partial charge in [-0.05, 0) is 63.4 Å². The van der Waals surface area contributed by atoms with E-state index >= 15 is 0 Å². The van der Waals surface area contributed by atoms with Crippen molar-refractivity contribution < 1.29 is 4.74 Å². The van der Waals surface area contributed by atoms with E-state index in [1.165, 1.54) is 5.56 Å². The van der Waals surface area contributed by atoms with Gasteiger partial charge in [-0.1, -0.05) is 6.08 Å². The van der Waals surface area contributed by atoms with Crippen molar-refractivity contribution >= 4 is 11.4 Å². The van der Waals surface area contributed by atoms with Crippen molar-refractivity contribution in [3.05, 3.63) is 48.2 Å². The number of anilines is 1. The molecule has 1 aromatic heterocycles. The summed E-state index contributed by atoms with van der Waals surface area (Å²) in [6, 6.07) is 0. The summed E-state index contributed by atoms with van der Waals surface area (Å²) in [5.74, 6) is 2.71. The molecule has 0 unspecified atom stereocenters. The molecule has 2 aliphatic rings. The molecule has 0 saturated carbocycles. The number of allylic oxidation sites excluding steroid dienone is 4. The molecular formula is C20H28N4O. The third-order valence-corrected chi connectivity index (χ3v) is 4.71. The van der Waals surface area contributed by atoms with E-state index in [9.17, 15) is 0 Å². The van der Waals surface area contributed by atoms with Gasteiger partial charge in [-0.2, -0.15) is 0 Å². The predicted octanol–water partition coefficient (Wildman–Crippen LogP) is 3.10. The fraction of sp³-hybridized carbons (Fsp3) is 0.500. The van der Waals surface area contributed by atoms with Gasteiger partial charge >= 0.3 is 0 Å². The molecule has 0 aromatic carbocycles. The minimum absolute atomic E-state index is 0.272. The first kappa shape index (κ1) is 17.7. The molecule has 1 aromatic rings. The Balaban J connectivity index is 1.78. The van der Waals surface area contributed by atoms with Crippen LogP contribution >= 0.6 is 0 Å². The zero-order valence-electron chi connectivity index (χ0n) is 15.3. The van der Waals surface area contributed by atoms with E-state index in [2.05, 4.69) is 41.0 Å². The van der Waals surface area contributed by atoms with Gasteiger partial charge in [0.1, 0.15) is 17.7 Å². The van der Waals surface area contributed by atoms with E-state index in [1.807, 2.05) is 19.2 Å². The Labute approximate surface area is 150 Å². The van der Waals surface area contributed by atoms with Crippen molar-refractivity contribution in [2.75, 3.05) is 31.6 Å². The van der Waals surface area contributed by atoms with Crippen molar-refractivity contribution in [1.82, 2.24) is 15.3 Å². The number of rotatable bonds is 6. The zero-order chi connectivity index (χ0) is 17.6. The number of likely N-dealkylation sites (N-methyl/N-ethyl adjacent to an activating group) is 1. The summed E-state index contributed by atoms with van der Waals surface area (Å²) >= 11 is 0. The van der Waals surface area contributed by atoms with Crippen molar-refractivity contribution in [2.45, 2.75) is 38.7 Å². The van der Waals surface area contributed by atoms with Crippen LogP contribution in [-0.2, 0) is 11.2 Å². The second kappa shape index (κ2) is 8.30. The molecule has 134 valence electrons. The Morgan fingerprint density at radius 2 is 2.24 bits per heavy atom. The highest BCUT2D eigenvalue weighted by atomic mass is 16.5. The van der Waals surface area contributed by atoms with E-state index in [-0.39, 0.29) is 6.10 Å². The molecule has 5 heteroatoms. The van der Waals surface area contributed by atoms with Crippen LogP contribution in [0.4, 0.5) is 5.82 Å². The number of hydrogen-bond acceptors (Lipinski definition) is 5. The van der Waals surface area contributed by atoms with Gasteiger partial charge in [-0.25, -0.2) is 9.97 Å². The van der Waals surface area contributed by atoms with Gasteiger partial charge in [0.05, 0.1) is 0 Å². The van der Waals surface area contributed by atoms with Crippen LogP contribution in [0.2, 0.25) is 0 Å². The Kier molecular flexibility index (Phi) is 5.87. The smallest absolute Gasteiger partial charge is 0.157 e. The van der Waals surface area contributed by atoms with E-state index in [0.717, 1.165) is 68.3 Å². The lowest BCUT2D eigenvalue weighted by molar-refractivity contribution is 0.0956. The number of hydrogen-bond donors (Lipinski definition) is 1. The van der Waals surface area contributed by atoms with E-state index in [0.29, 0.717) is 0 Å². The highest BCUT2D eigenvalue weighted by Crippen LogP contribution is 2.25. The number of aromatic nitrogens is 2. The first-order valence-electron chi connectivity index (χ1n) is 9.11. The molecule has 3 rings (SSSR count). The van der Waals surface area contributed by atoms with Crippen LogP contribution in [0.3, 0.4) is 0 Å². The third-order valence-electron chi connectivity index (χ3n) is 4.71. The van der Waals surface area contributed by atoms with Gasteiger partial charge in [-0.3, -0.25) is 0 Å². The number of fused-ring (bicyclic) bond motifs is 1. The Hall–Kier alpha value is -2.14. The molecule has 0 radical (unpaired) electrons. The molecule has 0 bridgehead atoms. The number of ether oxygens (including phenoxy) is 1. The molecule has 3 heterocycles. The molecule has 1 N–H and O–H groups in total. The molecular weight excluding hydrogens is 312 g/mol. The van der Waals surface area contributed by atoms with Crippen LogP contribution in [0, 0.1) is 0 Å². The summed E-state index contributed by atoms with van der Waals surface area (Å²) in [4.78, 5) is 11.5. The van der Waals surface area contributed by atoms with Crippen LogP contribution in [0.25, 0.3) is 5.57 Å². The number of piperidine rings is 1. The molecule has 0 amide bonds. The lowest BCUT2D eigenvalue weighted by Gasteiger charge is -2.24. The van der Waals surface area contributed by atoms with E-state index < -0.39 is 0 Å². The monoisotopic (exact) mass is 340 g/mol. The van der Waals surface area contributed by atoms with Crippen molar-refractivity contribution in [3.63, 3.8) is 0 Å². The highest BCUT2D eigenvalue weighted by molar-refractivity contribution is 5.63. The summed E-state index contributed by atoms with van der Waals surface area (Å²) < 4.78 is 6.23. The van der Waals surface area contributed by atoms with Crippen LogP contribution in [0.1, 0.15) is 37.6 Å². The molecule has 5 nitrogen and oxygen atoms in total. The minimum Gasteiger partial charge on any atom is -0.491 e. The maximum atomic E-state index is 6.23. The average molecular weight is 340 g/mol. The topological polar surface area (TPSA) is 50.3 Å². The van der Waals surface area contributed by atoms with Crippen molar-refractivity contribution in [1.29, 1.82) is 0 Å². The minimum atomic E-state index is 0.272. The molecule has 25 heavy (non-hydrogen) atoms. The van der Waals surface area contributed by atoms with Crippen molar-refractivity contribution in [3.8, 4) is 0 Å². The number of nitrogens with zero attached hydrogens (tertiary/aromatic N) is 3. The largest absolute Gasteiger partial charge is 0.491 e. The van der Waals surface area contributed by atoms with Gasteiger partial charge in [0.2, 0.25) is 0 Å². The van der Waals surface area contributed by atoms with Gasteiger partial charge in [0, 0.05) is 25.4 Å². The Morgan fingerprint density at radius 1 is 1.44 bits per heavy atom. The molecule has 1 fully saturated rings. The first-order valence-corrected chi connectivity index (χ1v) is 9.11. The van der Waals surface area contributed by atoms with E-state index in [4.69, 9.17) is 9.72 Å². The first-order chi connectivity index (χ1) is 12.2. The highest BCUT2D eigenvalue weighted by Gasteiger charge is 2.19. The maximum Gasteiger partial charge on any atom is 0.157 e. The van der Waals surface area contributed by atoms with Gasteiger partial charge in [0.25, 0.3) is 0 Å². The summed E-state index contributed by atoms with van der Waals surface area (Å²) in [7, 11) is 2.08. The fourth-order valence-corrected chi connectivity index (χ4v) is 3.21. The standard InChI is InChI=1S/C20H28N4O/c1-4-5-6-18(25-17-7-10-21-11-8-17)13-15(2)19-22-14-16-9-12-24(3)20(16)23-19/h4,6,13-14,17,21H,1,5,7-12H2,2-3H3/b15-13+,18-6+. The van der Waals surface area contributed by atoms with Crippen LogP contribution in [-0.4, -0.2) is 42.8 Å². The summed E-state index contributed by atoms with van der Waals surface area (Å²) in [6.07, 6.45) is 12.1. The summed E-state index contributed by atoms with van der Waals surface area (Å²) in [5.41, 5.74) is 2.25. The van der Waals surface area contributed by atoms with Crippen molar-refractivity contribution in [2.24, 2.45) is 0 Å². The average Bonchev–Trinajstić information content (AvgIpc) is 3.01. The van der Waals surface area contributed by atoms with Crippen LogP contribution < -0.4 is 10.2 Å². The second-order valence-corrected chi connectivity index (χ2v) is 6.74. The Morgan fingerprint density at radius 3 is 3.00 bits per heavy atom. The molecule has 0 spiro atoms. The quantitative estimate of drug-likeness (QED) is 0.490.